The van der Waals surface area contributed by atoms with E-state index in [4.69, 9.17) is 0 Å². The molecule has 0 amide bonds. The monoisotopic (exact) mass is 178 g/mol. The Morgan fingerprint density at radius 1 is 1.67 bits per heavy atom. The van der Waals surface area contributed by atoms with Crippen LogP contribution in [0.3, 0.4) is 0 Å². The van der Waals surface area contributed by atoms with E-state index in [-0.39, 0.29) is 0 Å². The first-order valence-electron chi connectivity index (χ1n) is 3.43. The van der Waals surface area contributed by atoms with Crippen LogP contribution in [-0.4, -0.2) is 35.9 Å². The van der Waals surface area contributed by atoms with Gasteiger partial charge in [0, 0.05) is 15.6 Å². The van der Waals surface area contributed by atoms with Gasteiger partial charge in [-0.1, -0.05) is 6.08 Å². The fourth-order valence-electron chi connectivity index (χ4n) is 0.236. The Bertz CT molecular complexity index is 54.2. The number of rotatable bonds is 2. The summed E-state index contributed by atoms with van der Waals surface area (Å²) in [5.74, 6) is 0. The molecule has 0 aliphatic heterocycles. The van der Waals surface area contributed by atoms with Crippen molar-refractivity contribution in [2.24, 2.45) is 0 Å². The first-order valence-corrected chi connectivity index (χ1v) is 10.7. The van der Waals surface area contributed by atoms with Crippen LogP contribution in [0.25, 0.3) is 0 Å². The molecule has 0 aromatic carbocycles. The minimum absolute atomic E-state index is 0.372. The fourth-order valence-corrected chi connectivity index (χ4v) is 2.12. The molecule has 0 saturated heterocycles. The third kappa shape index (κ3) is 30.0. The molecule has 0 aliphatic carbocycles. The second kappa shape index (κ2) is 15.8. The van der Waals surface area contributed by atoms with Gasteiger partial charge in [0.15, 0.2) is 0 Å². The van der Waals surface area contributed by atoms with Crippen molar-refractivity contribution in [3.8, 4) is 0 Å². The lowest BCUT2D eigenvalue weighted by molar-refractivity contribution is 0.375. The van der Waals surface area contributed by atoms with Crippen LogP contribution in [0.5, 0.6) is 0 Å². The minimum atomic E-state index is 0.372. The Labute approximate surface area is 66.5 Å². The molecule has 0 aromatic rings. The van der Waals surface area contributed by atoms with E-state index in [0.29, 0.717) is 9.04 Å². The van der Waals surface area contributed by atoms with Crippen LogP contribution in [0.4, 0.5) is 0 Å². The van der Waals surface area contributed by atoms with Gasteiger partial charge in [0.05, 0.1) is 0 Å². The highest BCUT2D eigenvalue weighted by Gasteiger charge is 1.54. The number of hydrogen-bond acceptors (Lipinski definition) is 1. The highest BCUT2D eigenvalue weighted by molar-refractivity contribution is 6.92. The maximum atomic E-state index is 4.68. The zero-order valence-electron chi connectivity index (χ0n) is 6.98. The van der Waals surface area contributed by atoms with Gasteiger partial charge in [-0.3, -0.25) is 0 Å². The average Bonchev–Trinajstić information content (AvgIpc) is 1.91. The van der Waals surface area contributed by atoms with E-state index in [9.17, 15) is 0 Å². The third-order valence-electron chi connectivity index (χ3n) is 0.760. The molecular formula is C5H18OSi3. The van der Waals surface area contributed by atoms with Crippen LogP contribution in [0.2, 0.25) is 0 Å². The second-order valence-corrected chi connectivity index (χ2v) is 5.87. The van der Waals surface area contributed by atoms with Gasteiger partial charge in [-0.15, -0.1) is 5.70 Å². The summed E-state index contributed by atoms with van der Waals surface area (Å²) >= 11 is 0. The largest absolute Gasteiger partial charge is 0.428 e. The van der Waals surface area contributed by atoms with Gasteiger partial charge in [-0.05, 0) is 23.6 Å². The molecule has 0 bridgehead atoms. The van der Waals surface area contributed by atoms with Crippen molar-refractivity contribution in [2.75, 3.05) is 6.61 Å². The molecule has 0 radical (unpaired) electrons. The van der Waals surface area contributed by atoms with Gasteiger partial charge in [-0.2, -0.15) is 0 Å². The zero-order valence-corrected chi connectivity index (χ0v) is 12.4. The van der Waals surface area contributed by atoms with E-state index in [1.165, 1.54) is 9.76 Å². The number of allylic oxidation sites excluding steroid dienone is 1. The highest BCUT2D eigenvalue weighted by atomic mass is 29.1. The number of hydrogen-bond donors (Lipinski definition) is 0. The van der Waals surface area contributed by atoms with Crippen LogP contribution in [-0.2, 0) is 4.43 Å². The van der Waals surface area contributed by atoms with Crippen molar-refractivity contribution in [3.05, 3.63) is 11.8 Å². The van der Waals surface area contributed by atoms with Crippen LogP contribution in [0, 0.1) is 0 Å². The van der Waals surface area contributed by atoms with Crippen LogP contribution >= 0.6 is 0 Å². The molecule has 0 N–H and O–H groups in total. The highest BCUT2D eigenvalue weighted by Crippen LogP contribution is 1.57. The van der Waals surface area contributed by atoms with Crippen molar-refractivity contribution >= 4 is 29.3 Å². The normalized spacial score (nSPS) is 10.9. The molecule has 4 heteroatoms. The van der Waals surface area contributed by atoms with E-state index < -0.39 is 0 Å². The van der Waals surface area contributed by atoms with Gasteiger partial charge in [0.25, 0.3) is 0 Å². The molecule has 0 heterocycles. The Hall–Kier alpha value is 0.351. The molecule has 0 rings (SSSR count). The second-order valence-electron chi connectivity index (χ2n) is 1.55. The van der Waals surface area contributed by atoms with Gasteiger partial charge in [-0.25, -0.2) is 0 Å². The molecule has 0 saturated carbocycles. The molecule has 0 spiro atoms. The Kier molecular flexibility index (Phi) is 21.1. The van der Waals surface area contributed by atoms with Gasteiger partial charge in [0.1, 0.15) is 10.5 Å². The lowest BCUT2D eigenvalue weighted by Crippen LogP contribution is -1.76. The Morgan fingerprint density at radius 2 is 2.11 bits per heavy atom. The van der Waals surface area contributed by atoms with E-state index in [0.717, 1.165) is 17.1 Å². The van der Waals surface area contributed by atoms with Crippen LogP contribution in [0.1, 0.15) is 13.8 Å². The van der Waals surface area contributed by atoms with Crippen molar-refractivity contribution in [2.45, 2.75) is 13.8 Å². The fraction of sp³-hybridized carbons (Fsp3) is 0.600. The van der Waals surface area contributed by atoms with E-state index in [1.807, 2.05) is 6.92 Å². The molecule has 0 fully saturated rings. The standard InChI is InChI=1S/C3H10Si2.C2H8OSi/c1-2-3-5-4;1-2-3-4/h2-3H,5H2,1,4H3;2H2,1,4H3. The summed E-state index contributed by atoms with van der Waals surface area (Å²) in [6, 6.07) is 0. The van der Waals surface area contributed by atoms with Crippen molar-refractivity contribution in [1.29, 1.82) is 0 Å². The predicted octanol–water partition coefficient (Wildman–Crippen LogP) is -1.73. The molecule has 1 nitrogen and oxygen atoms in total. The van der Waals surface area contributed by atoms with E-state index >= 15 is 0 Å². The first kappa shape index (κ1) is 12.1. The molecule has 9 heavy (non-hydrogen) atoms. The van der Waals surface area contributed by atoms with Crippen molar-refractivity contribution in [3.63, 3.8) is 0 Å². The van der Waals surface area contributed by atoms with E-state index in [1.54, 1.807) is 0 Å². The topological polar surface area (TPSA) is 9.23 Å². The first-order chi connectivity index (χ1) is 4.33. The Morgan fingerprint density at radius 3 is 2.11 bits per heavy atom. The molecule has 0 aliphatic rings. The van der Waals surface area contributed by atoms with Crippen molar-refractivity contribution < 1.29 is 4.43 Å². The third-order valence-corrected chi connectivity index (χ3v) is 3.69. The predicted molar refractivity (Wildman–Crippen MR) is 54.9 cm³/mol. The summed E-state index contributed by atoms with van der Waals surface area (Å²) in [5, 5.41) is 0. The molecular weight excluding hydrogens is 160 g/mol. The average molecular weight is 178 g/mol. The molecule has 0 aromatic heterocycles. The lowest BCUT2D eigenvalue weighted by atomic mass is 10.8. The molecule has 56 valence electrons. The summed E-state index contributed by atoms with van der Waals surface area (Å²) in [5.41, 5.74) is 2.33. The van der Waals surface area contributed by atoms with E-state index in [2.05, 4.69) is 23.1 Å². The quantitative estimate of drug-likeness (QED) is 0.457. The SMILES string of the molecule is CC=C[SiH2][SiH3].CCO[SiH3]. The minimum Gasteiger partial charge on any atom is -0.428 e. The zero-order chi connectivity index (χ0) is 7.54. The van der Waals surface area contributed by atoms with Gasteiger partial charge in [0.2, 0.25) is 0 Å². The van der Waals surface area contributed by atoms with Gasteiger partial charge < -0.3 is 4.43 Å². The smallest absolute Gasteiger partial charge is 0.145 e. The summed E-state index contributed by atoms with van der Waals surface area (Å²) in [7, 11) is 2.71. The summed E-state index contributed by atoms with van der Waals surface area (Å²) < 4.78 is 4.68. The van der Waals surface area contributed by atoms with Crippen LogP contribution in [0.15, 0.2) is 11.8 Å². The molecule has 0 unspecified atom stereocenters. The lowest BCUT2D eigenvalue weighted by Gasteiger charge is -1.77. The Balaban J connectivity index is 0. The summed E-state index contributed by atoms with van der Waals surface area (Å²) in [6.07, 6.45) is 2.15. The summed E-state index contributed by atoms with van der Waals surface area (Å²) in [6.45, 7) is 4.96. The van der Waals surface area contributed by atoms with Crippen molar-refractivity contribution in [1.82, 2.24) is 0 Å². The summed E-state index contributed by atoms with van der Waals surface area (Å²) in [4.78, 5) is 0. The van der Waals surface area contributed by atoms with Gasteiger partial charge >= 0.3 is 0 Å². The maximum Gasteiger partial charge on any atom is 0.145 e. The van der Waals surface area contributed by atoms with Crippen LogP contribution < -0.4 is 0 Å². The molecule has 0 atom stereocenters. The maximum absolute atomic E-state index is 4.68.